The highest BCUT2D eigenvalue weighted by Gasteiger charge is 2.31. The summed E-state index contributed by atoms with van der Waals surface area (Å²) in [6.07, 6.45) is -4.00. The van der Waals surface area contributed by atoms with Crippen molar-refractivity contribution in [3.63, 3.8) is 0 Å². The van der Waals surface area contributed by atoms with Gasteiger partial charge in [-0.15, -0.1) is 11.3 Å². The van der Waals surface area contributed by atoms with Gasteiger partial charge >= 0.3 is 12.1 Å². The number of benzene rings is 2. The molecule has 0 saturated carbocycles. The number of ether oxygens (including phenoxy) is 1. The molecule has 8 heteroatoms. The Bertz CT molecular complexity index is 965. The average molecular weight is 393 g/mol. The maximum absolute atomic E-state index is 13.0. The number of nitrogens with zero attached hydrogens (tertiary/aromatic N) is 1. The molecular formula is C19H14F3NO3S. The number of alkyl halides is 3. The topological polar surface area (TPSA) is 59.4 Å². The van der Waals surface area contributed by atoms with E-state index in [1.165, 1.54) is 36.6 Å². The summed E-state index contributed by atoms with van der Waals surface area (Å²) in [7, 11) is 1.39. The van der Waals surface area contributed by atoms with Crippen molar-refractivity contribution in [2.45, 2.75) is 12.6 Å². The number of hydrogen-bond donors (Lipinski definition) is 1. The number of carboxylic acid groups (broad SMARTS) is 1. The molecule has 0 aliphatic rings. The van der Waals surface area contributed by atoms with Crippen LogP contribution in [0.5, 0.6) is 5.75 Å². The van der Waals surface area contributed by atoms with E-state index in [0.717, 1.165) is 17.7 Å². The van der Waals surface area contributed by atoms with Gasteiger partial charge in [0.05, 0.1) is 28.9 Å². The first-order valence-corrected chi connectivity index (χ1v) is 8.68. The molecule has 0 saturated heterocycles. The summed E-state index contributed by atoms with van der Waals surface area (Å²) in [4.78, 5) is 15.3. The van der Waals surface area contributed by atoms with Gasteiger partial charge in [0, 0.05) is 17.4 Å². The summed E-state index contributed by atoms with van der Waals surface area (Å²) in [5.41, 5.74) is 0.956. The van der Waals surface area contributed by atoms with E-state index >= 15 is 0 Å². The summed E-state index contributed by atoms with van der Waals surface area (Å²) in [6.45, 7) is 0. The number of methoxy groups -OCH3 is 1. The fourth-order valence-corrected chi connectivity index (χ4v) is 3.37. The molecule has 3 aromatic rings. The van der Waals surface area contributed by atoms with Crippen molar-refractivity contribution in [2.24, 2.45) is 0 Å². The molecule has 1 aromatic heterocycles. The van der Waals surface area contributed by atoms with Gasteiger partial charge in [-0.1, -0.05) is 12.1 Å². The van der Waals surface area contributed by atoms with Crippen molar-refractivity contribution in [3.8, 4) is 17.0 Å². The lowest BCUT2D eigenvalue weighted by Crippen LogP contribution is -2.05. The van der Waals surface area contributed by atoms with Crippen LogP contribution in [-0.2, 0) is 12.6 Å². The Morgan fingerprint density at radius 3 is 2.48 bits per heavy atom. The molecule has 0 radical (unpaired) electrons. The molecule has 2 aromatic carbocycles. The normalized spacial score (nSPS) is 11.4. The highest BCUT2D eigenvalue weighted by Crippen LogP contribution is 2.37. The molecule has 0 bridgehead atoms. The first-order chi connectivity index (χ1) is 12.8. The summed E-state index contributed by atoms with van der Waals surface area (Å²) in [5.74, 6) is -0.694. The monoisotopic (exact) mass is 393 g/mol. The Morgan fingerprint density at radius 2 is 1.89 bits per heavy atom. The third-order valence-electron chi connectivity index (χ3n) is 3.91. The minimum atomic E-state index is -4.45. The average Bonchev–Trinajstić information content (AvgIpc) is 3.09. The van der Waals surface area contributed by atoms with Crippen molar-refractivity contribution in [1.29, 1.82) is 0 Å². The summed E-state index contributed by atoms with van der Waals surface area (Å²) in [5, 5.41) is 11.3. The van der Waals surface area contributed by atoms with Crippen LogP contribution >= 0.6 is 11.3 Å². The number of halogens is 3. The second-order valence-electron chi connectivity index (χ2n) is 5.72. The van der Waals surface area contributed by atoms with Gasteiger partial charge in [0.15, 0.2) is 0 Å². The molecule has 3 rings (SSSR count). The minimum absolute atomic E-state index is 0.187. The molecule has 4 nitrogen and oxygen atoms in total. The molecule has 1 N–H and O–H groups in total. The van der Waals surface area contributed by atoms with Gasteiger partial charge in [-0.2, -0.15) is 13.2 Å². The maximum Gasteiger partial charge on any atom is 0.416 e. The summed E-state index contributed by atoms with van der Waals surface area (Å²) in [6, 6.07) is 9.66. The second kappa shape index (κ2) is 7.40. The Balaban J connectivity index is 1.88. The predicted octanol–water partition coefficient (Wildman–Crippen LogP) is 5.13. The number of carbonyl (C=O) groups is 1. The zero-order chi connectivity index (χ0) is 19.6. The molecular weight excluding hydrogens is 379 g/mol. The highest BCUT2D eigenvalue weighted by atomic mass is 32.1. The van der Waals surface area contributed by atoms with E-state index in [1.807, 2.05) is 0 Å². The number of aromatic nitrogens is 1. The van der Waals surface area contributed by atoms with Crippen LogP contribution in [0.2, 0.25) is 0 Å². The van der Waals surface area contributed by atoms with E-state index in [9.17, 15) is 18.0 Å². The molecule has 0 unspecified atom stereocenters. The fraction of sp³-hybridized carbons (Fsp3) is 0.158. The first-order valence-electron chi connectivity index (χ1n) is 7.80. The minimum Gasteiger partial charge on any atom is -0.496 e. The first kappa shape index (κ1) is 18.9. The lowest BCUT2D eigenvalue weighted by Gasteiger charge is -2.11. The Morgan fingerprint density at radius 1 is 1.19 bits per heavy atom. The predicted molar refractivity (Wildman–Crippen MR) is 95.3 cm³/mol. The van der Waals surface area contributed by atoms with E-state index in [0.29, 0.717) is 22.9 Å². The summed E-state index contributed by atoms with van der Waals surface area (Å²) < 4.78 is 44.2. The van der Waals surface area contributed by atoms with E-state index in [-0.39, 0.29) is 11.1 Å². The van der Waals surface area contributed by atoms with Crippen molar-refractivity contribution < 1.29 is 27.8 Å². The van der Waals surface area contributed by atoms with Crippen molar-refractivity contribution in [3.05, 3.63) is 69.5 Å². The van der Waals surface area contributed by atoms with Crippen LogP contribution in [0.4, 0.5) is 13.2 Å². The van der Waals surface area contributed by atoms with E-state index in [1.54, 1.807) is 17.5 Å². The standard InChI is InChI=1S/C19H14F3NO3S/c1-26-16-7-6-13(19(20,21)22)9-14(16)15-10-27-17(23-15)8-11-2-4-12(5-3-11)18(24)25/h2-7,9-10H,8H2,1H3,(H,24,25). The molecule has 0 amide bonds. The second-order valence-corrected chi connectivity index (χ2v) is 6.66. The van der Waals surface area contributed by atoms with E-state index < -0.39 is 17.7 Å². The van der Waals surface area contributed by atoms with E-state index in [2.05, 4.69) is 4.98 Å². The van der Waals surface area contributed by atoms with Crippen LogP contribution in [-0.4, -0.2) is 23.2 Å². The van der Waals surface area contributed by atoms with Gasteiger partial charge in [-0.3, -0.25) is 0 Å². The Labute approximate surface area is 156 Å². The van der Waals surface area contributed by atoms with Gasteiger partial charge in [0.25, 0.3) is 0 Å². The van der Waals surface area contributed by atoms with Crippen LogP contribution in [0.15, 0.2) is 47.8 Å². The largest absolute Gasteiger partial charge is 0.496 e. The van der Waals surface area contributed by atoms with Crippen molar-refractivity contribution >= 4 is 17.3 Å². The molecule has 140 valence electrons. The molecule has 1 heterocycles. The van der Waals surface area contributed by atoms with Gasteiger partial charge in [-0.05, 0) is 35.9 Å². The number of rotatable bonds is 5. The molecule has 27 heavy (non-hydrogen) atoms. The Hall–Kier alpha value is -2.87. The lowest BCUT2D eigenvalue weighted by molar-refractivity contribution is -0.137. The smallest absolute Gasteiger partial charge is 0.416 e. The van der Waals surface area contributed by atoms with E-state index in [4.69, 9.17) is 9.84 Å². The van der Waals surface area contributed by atoms with Crippen LogP contribution in [0.1, 0.15) is 26.5 Å². The third kappa shape index (κ3) is 4.28. The van der Waals surface area contributed by atoms with Gasteiger partial charge in [0.1, 0.15) is 5.75 Å². The highest BCUT2D eigenvalue weighted by molar-refractivity contribution is 7.10. The van der Waals surface area contributed by atoms with Crippen molar-refractivity contribution in [2.75, 3.05) is 7.11 Å². The Kier molecular flexibility index (Phi) is 5.18. The fourth-order valence-electron chi connectivity index (χ4n) is 2.54. The quantitative estimate of drug-likeness (QED) is 0.653. The molecule has 0 aliphatic carbocycles. The van der Waals surface area contributed by atoms with Gasteiger partial charge in [0.2, 0.25) is 0 Å². The van der Waals surface area contributed by atoms with Gasteiger partial charge < -0.3 is 9.84 Å². The number of carboxylic acids is 1. The SMILES string of the molecule is COc1ccc(C(F)(F)F)cc1-c1csc(Cc2ccc(C(=O)O)cc2)n1. The number of thiazole rings is 1. The summed E-state index contributed by atoms with van der Waals surface area (Å²) >= 11 is 1.32. The van der Waals surface area contributed by atoms with Crippen LogP contribution in [0, 0.1) is 0 Å². The number of aromatic carboxylic acids is 1. The maximum atomic E-state index is 13.0. The molecule has 0 aliphatic heterocycles. The van der Waals surface area contributed by atoms with Gasteiger partial charge in [-0.25, -0.2) is 9.78 Å². The van der Waals surface area contributed by atoms with Crippen molar-refractivity contribution in [1.82, 2.24) is 4.98 Å². The molecule has 0 fully saturated rings. The molecule has 0 spiro atoms. The lowest BCUT2D eigenvalue weighted by atomic mass is 10.1. The third-order valence-corrected chi connectivity index (χ3v) is 4.76. The number of hydrogen-bond acceptors (Lipinski definition) is 4. The van der Waals surface area contributed by atoms with Crippen LogP contribution in [0.3, 0.4) is 0 Å². The van der Waals surface area contributed by atoms with Crippen LogP contribution in [0.25, 0.3) is 11.3 Å². The molecule has 0 atom stereocenters. The van der Waals surface area contributed by atoms with Crippen LogP contribution < -0.4 is 4.74 Å². The zero-order valence-corrected chi connectivity index (χ0v) is 14.9. The zero-order valence-electron chi connectivity index (χ0n) is 14.1.